The first-order valence-corrected chi connectivity index (χ1v) is 12.0. The summed E-state index contributed by atoms with van der Waals surface area (Å²) < 4.78 is 6.21. The van der Waals surface area contributed by atoms with Crippen LogP contribution in [0.1, 0.15) is 50.2 Å². The molecule has 1 N–H and O–H groups in total. The van der Waals surface area contributed by atoms with E-state index in [2.05, 4.69) is 45.5 Å². The van der Waals surface area contributed by atoms with Gasteiger partial charge in [0.1, 0.15) is 0 Å². The molecule has 0 bridgehead atoms. The van der Waals surface area contributed by atoms with Gasteiger partial charge in [-0.3, -0.25) is 4.79 Å². The number of ether oxygens (including phenoxy) is 1. The molecule has 6 heteroatoms. The van der Waals surface area contributed by atoms with Crippen LogP contribution in [-0.4, -0.2) is 18.4 Å². The third-order valence-corrected chi connectivity index (χ3v) is 7.11. The molecule has 1 heterocycles. The Morgan fingerprint density at radius 3 is 2.48 bits per heavy atom. The van der Waals surface area contributed by atoms with Crippen LogP contribution in [0.5, 0.6) is 0 Å². The Morgan fingerprint density at radius 2 is 1.73 bits per heavy atom. The molecule has 1 aliphatic carbocycles. The fourth-order valence-corrected chi connectivity index (χ4v) is 5.05. The van der Waals surface area contributed by atoms with Gasteiger partial charge in [-0.05, 0) is 65.9 Å². The zero-order valence-electron chi connectivity index (χ0n) is 17.6. The molecule has 4 nitrogen and oxygen atoms in total. The number of carbonyl (C=O) groups excluding carboxylic acids is 2. The minimum Gasteiger partial charge on any atom is -0.454 e. The van der Waals surface area contributed by atoms with Crippen LogP contribution in [0.3, 0.4) is 0 Å². The van der Waals surface area contributed by atoms with Gasteiger partial charge in [-0.25, -0.2) is 4.79 Å². The number of fused-ring (bicyclic) bond motifs is 3. The van der Waals surface area contributed by atoms with Crippen LogP contribution in [0.2, 0.25) is 5.02 Å². The van der Waals surface area contributed by atoms with Crippen molar-refractivity contribution in [1.29, 1.82) is 0 Å². The van der Waals surface area contributed by atoms with E-state index in [4.69, 9.17) is 16.3 Å². The molecule has 0 radical (unpaired) electrons. The molecule has 0 saturated carbocycles. The second-order valence-electron chi connectivity index (χ2n) is 8.34. The van der Waals surface area contributed by atoms with Crippen LogP contribution in [-0.2, 0) is 4.74 Å². The number of Topliss-reactive ketones (excluding diaryl/α,β-unsaturated/α-hetero) is 1. The fraction of sp³-hybridized carbons (Fsp3) is 0.185. The Balaban J connectivity index is 1.33. The van der Waals surface area contributed by atoms with Crippen molar-refractivity contribution in [2.24, 2.45) is 5.92 Å². The lowest BCUT2D eigenvalue weighted by Gasteiger charge is -2.37. The average Bonchev–Trinajstić information content (AvgIpc) is 3.33. The molecule has 0 spiro atoms. The van der Waals surface area contributed by atoms with Crippen LogP contribution in [0.25, 0.3) is 0 Å². The molecule has 3 aromatic carbocycles. The molecule has 33 heavy (non-hydrogen) atoms. The van der Waals surface area contributed by atoms with E-state index in [1.807, 2.05) is 24.3 Å². The van der Waals surface area contributed by atoms with Gasteiger partial charge in [0.25, 0.3) is 0 Å². The Bertz CT molecular complexity index is 1240. The van der Waals surface area contributed by atoms with E-state index in [1.165, 1.54) is 5.56 Å². The largest absolute Gasteiger partial charge is 0.454 e. The average molecular weight is 523 g/mol. The number of carbonyl (C=O) groups is 2. The highest BCUT2D eigenvalue weighted by Crippen LogP contribution is 2.50. The zero-order chi connectivity index (χ0) is 22.9. The van der Waals surface area contributed by atoms with Gasteiger partial charge in [0.05, 0.1) is 11.6 Å². The molecule has 2 aliphatic rings. The highest BCUT2D eigenvalue weighted by molar-refractivity contribution is 9.10. The molecule has 0 unspecified atom stereocenters. The number of ketones is 1. The molecule has 0 amide bonds. The van der Waals surface area contributed by atoms with Crippen LogP contribution >= 0.6 is 27.5 Å². The van der Waals surface area contributed by atoms with Crippen molar-refractivity contribution in [3.8, 4) is 0 Å². The first-order valence-electron chi connectivity index (χ1n) is 10.8. The number of allylic oxidation sites excluding steroid dienone is 2. The molecule has 0 saturated heterocycles. The predicted molar refractivity (Wildman–Crippen MR) is 133 cm³/mol. The van der Waals surface area contributed by atoms with E-state index < -0.39 is 5.97 Å². The van der Waals surface area contributed by atoms with Gasteiger partial charge in [-0.15, -0.1) is 0 Å². The lowest BCUT2D eigenvalue weighted by Crippen LogP contribution is -2.29. The van der Waals surface area contributed by atoms with E-state index in [0.29, 0.717) is 17.0 Å². The van der Waals surface area contributed by atoms with E-state index in [0.717, 1.165) is 27.2 Å². The maximum absolute atomic E-state index is 12.7. The topological polar surface area (TPSA) is 55.4 Å². The number of hydrogen-bond acceptors (Lipinski definition) is 4. The van der Waals surface area contributed by atoms with Crippen LogP contribution in [0, 0.1) is 5.92 Å². The lowest BCUT2D eigenvalue weighted by molar-refractivity contribution is 0.0474. The number of esters is 1. The number of anilines is 1. The van der Waals surface area contributed by atoms with Gasteiger partial charge in [-0.2, -0.15) is 0 Å². The molecule has 1 aliphatic heterocycles. The number of nitrogens with one attached hydrogen (secondary N) is 1. The van der Waals surface area contributed by atoms with E-state index in [-0.39, 0.29) is 24.3 Å². The van der Waals surface area contributed by atoms with Gasteiger partial charge in [-0.1, -0.05) is 63.9 Å². The summed E-state index contributed by atoms with van der Waals surface area (Å²) in [6.45, 7) is -0.291. The van der Waals surface area contributed by atoms with E-state index in [9.17, 15) is 9.59 Å². The fourth-order valence-electron chi connectivity index (χ4n) is 4.66. The Hall–Kier alpha value is -2.89. The van der Waals surface area contributed by atoms with Gasteiger partial charge in [0.2, 0.25) is 0 Å². The number of halogens is 2. The third-order valence-electron chi connectivity index (χ3n) is 6.33. The summed E-state index contributed by atoms with van der Waals surface area (Å²) in [7, 11) is 0. The predicted octanol–water partition coefficient (Wildman–Crippen LogP) is 6.97. The highest BCUT2D eigenvalue weighted by Gasteiger charge is 2.38. The molecule has 5 rings (SSSR count). The van der Waals surface area contributed by atoms with Crippen molar-refractivity contribution in [2.45, 2.75) is 18.4 Å². The molecule has 3 aromatic rings. The van der Waals surface area contributed by atoms with Crippen molar-refractivity contribution < 1.29 is 14.3 Å². The molecule has 0 aromatic heterocycles. The van der Waals surface area contributed by atoms with Crippen LogP contribution in [0.15, 0.2) is 83.4 Å². The summed E-state index contributed by atoms with van der Waals surface area (Å²) in [6, 6.07) is 20.7. The zero-order valence-corrected chi connectivity index (χ0v) is 20.0. The normalized spacial score (nSPS) is 20.5. The summed E-state index contributed by atoms with van der Waals surface area (Å²) in [5.74, 6) is -0.176. The standard InChI is InChI=1S/C27H21BrClNO3/c28-19-9-4-16(5-10-19)25(31)15-33-27(32)18-8-13-24-23(14-18)21-2-1-3-22(21)26(30-24)17-6-11-20(29)12-7-17/h1-2,4-14,21-22,26,30H,3,15H2/t21-,22+,26+/m0/s1. The second-order valence-corrected chi connectivity index (χ2v) is 9.69. The summed E-state index contributed by atoms with van der Waals surface area (Å²) in [5.41, 5.74) is 4.23. The minimum atomic E-state index is -0.499. The Kier molecular flexibility index (Phi) is 6.09. The van der Waals surface area contributed by atoms with Crippen molar-refractivity contribution in [3.63, 3.8) is 0 Å². The highest BCUT2D eigenvalue weighted by atomic mass is 79.9. The molecule has 0 fully saturated rings. The van der Waals surface area contributed by atoms with Crippen molar-refractivity contribution >= 4 is 45.0 Å². The van der Waals surface area contributed by atoms with Gasteiger partial charge in [0, 0.05) is 26.7 Å². The quantitative estimate of drug-likeness (QED) is 0.223. The van der Waals surface area contributed by atoms with Crippen LogP contribution < -0.4 is 5.32 Å². The van der Waals surface area contributed by atoms with Crippen molar-refractivity contribution in [1.82, 2.24) is 0 Å². The van der Waals surface area contributed by atoms with E-state index >= 15 is 0 Å². The summed E-state index contributed by atoms with van der Waals surface area (Å²) in [6.07, 6.45) is 5.39. The maximum atomic E-state index is 12.7. The number of rotatable bonds is 5. The first kappa shape index (κ1) is 21.9. The molecular formula is C27H21BrClNO3. The SMILES string of the molecule is O=C(COC(=O)c1ccc2c(c1)[C@H]1C=CC[C@H]1[C@@H](c1ccc(Cl)cc1)N2)c1ccc(Br)cc1. The van der Waals surface area contributed by atoms with Crippen molar-refractivity contribution in [2.75, 3.05) is 11.9 Å². The second kappa shape index (κ2) is 9.16. The summed E-state index contributed by atoms with van der Waals surface area (Å²) in [5, 5.41) is 4.37. The Labute approximate surface area is 205 Å². The molecular weight excluding hydrogens is 502 g/mol. The molecule has 166 valence electrons. The smallest absolute Gasteiger partial charge is 0.338 e. The van der Waals surface area contributed by atoms with Crippen molar-refractivity contribution in [3.05, 3.63) is 111 Å². The summed E-state index contributed by atoms with van der Waals surface area (Å²) >= 11 is 9.42. The number of benzene rings is 3. The van der Waals surface area contributed by atoms with Gasteiger partial charge < -0.3 is 10.1 Å². The number of hydrogen-bond donors (Lipinski definition) is 1. The minimum absolute atomic E-state index is 0.163. The van der Waals surface area contributed by atoms with Gasteiger partial charge in [0.15, 0.2) is 12.4 Å². The van der Waals surface area contributed by atoms with Gasteiger partial charge >= 0.3 is 5.97 Å². The molecule has 3 atom stereocenters. The monoisotopic (exact) mass is 521 g/mol. The Morgan fingerprint density at radius 1 is 1.00 bits per heavy atom. The lowest BCUT2D eigenvalue weighted by atomic mass is 9.76. The van der Waals surface area contributed by atoms with E-state index in [1.54, 1.807) is 30.3 Å². The maximum Gasteiger partial charge on any atom is 0.338 e. The summed E-state index contributed by atoms with van der Waals surface area (Å²) in [4.78, 5) is 25.0. The first-order chi connectivity index (χ1) is 16.0. The van der Waals surface area contributed by atoms with Crippen LogP contribution in [0.4, 0.5) is 5.69 Å². The third kappa shape index (κ3) is 4.48.